The number of morpholine rings is 1. The number of hydrogen-bond acceptors (Lipinski definition) is 8. The molecule has 0 radical (unpaired) electrons. The zero-order valence-corrected chi connectivity index (χ0v) is 19.2. The lowest BCUT2D eigenvalue weighted by atomic mass is 10.2. The van der Waals surface area contributed by atoms with E-state index in [1.807, 2.05) is 55.5 Å². The van der Waals surface area contributed by atoms with Gasteiger partial charge in [0.1, 0.15) is 11.6 Å². The number of benzene rings is 2. The maximum absolute atomic E-state index is 6.07. The van der Waals surface area contributed by atoms with Gasteiger partial charge in [0, 0.05) is 30.2 Å². The fourth-order valence-electron chi connectivity index (χ4n) is 3.77. The van der Waals surface area contributed by atoms with Crippen molar-refractivity contribution in [1.29, 1.82) is 0 Å². The normalized spacial score (nSPS) is 14.0. The minimum Gasteiger partial charge on any atom is -0.424 e. The number of ether oxygens (including phenoxy) is 2. The van der Waals surface area contributed by atoms with Gasteiger partial charge in [0.05, 0.1) is 24.9 Å². The topological polar surface area (TPSA) is 84.8 Å². The number of pyridine rings is 1. The molecule has 1 aliphatic rings. The molecule has 1 fully saturated rings. The molecular weight excluding hydrogens is 428 g/mol. The van der Waals surface area contributed by atoms with Crippen LogP contribution in [0.2, 0.25) is 0 Å². The first-order valence-corrected chi connectivity index (χ1v) is 11.3. The Balaban J connectivity index is 1.41. The molecule has 1 saturated heterocycles. The summed E-state index contributed by atoms with van der Waals surface area (Å²) in [5, 5.41) is 5.36. The molecule has 0 amide bonds. The predicted molar refractivity (Wildman–Crippen MR) is 134 cm³/mol. The highest BCUT2D eigenvalue weighted by Gasteiger charge is 2.16. The van der Waals surface area contributed by atoms with Crippen LogP contribution in [0.3, 0.4) is 0 Å². The third-order valence-electron chi connectivity index (χ3n) is 5.47. The van der Waals surface area contributed by atoms with Crippen molar-refractivity contribution in [2.75, 3.05) is 36.6 Å². The lowest BCUT2D eigenvalue weighted by molar-refractivity contribution is 0.122. The Hall–Kier alpha value is -4.04. The van der Waals surface area contributed by atoms with Crippen LogP contribution in [0.5, 0.6) is 11.8 Å². The van der Waals surface area contributed by atoms with Crippen LogP contribution in [0.15, 0.2) is 65.8 Å². The van der Waals surface area contributed by atoms with Crippen molar-refractivity contribution in [2.45, 2.75) is 13.8 Å². The Morgan fingerprint density at radius 3 is 2.71 bits per heavy atom. The summed E-state index contributed by atoms with van der Waals surface area (Å²) in [7, 11) is 0. The molecule has 0 atom stereocenters. The van der Waals surface area contributed by atoms with E-state index in [9.17, 15) is 0 Å². The zero-order valence-electron chi connectivity index (χ0n) is 19.2. The monoisotopic (exact) mass is 454 g/mol. The third kappa shape index (κ3) is 5.29. The lowest BCUT2D eigenvalue weighted by Crippen LogP contribution is -2.36. The molecule has 5 rings (SSSR count). The molecule has 0 spiro atoms. The largest absolute Gasteiger partial charge is 0.424 e. The van der Waals surface area contributed by atoms with E-state index in [1.165, 1.54) is 5.56 Å². The number of fused-ring (bicyclic) bond motifs is 1. The van der Waals surface area contributed by atoms with Gasteiger partial charge in [-0.1, -0.05) is 35.9 Å². The Morgan fingerprint density at radius 2 is 1.85 bits per heavy atom. The summed E-state index contributed by atoms with van der Waals surface area (Å²) in [4.78, 5) is 15.9. The van der Waals surface area contributed by atoms with E-state index in [4.69, 9.17) is 9.47 Å². The predicted octanol–water partition coefficient (Wildman–Crippen LogP) is 4.72. The Kier molecular flexibility index (Phi) is 6.31. The standard InChI is InChI=1S/C26H26N6O2/c1-18-4-3-5-20(14-18)17-27-31-24-16-25(32-10-12-33-13-11-32)30-26(29-24)34-22-8-9-23-21(15-22)7-6-19(2)28-23/h3-9,14-17H,10-13H2,1-2H3,(H,29,30,31). The molecule has 34 heavy (non-hydrogen) atoms. The van der Waals surface area contributed by atoms with E-state index < -0.39 is 0 Å². The SMILES string of the molecule is Cc1cccc(C=NNc2cc(N3CCOCC3)nc(Oc3ccc4nc(C)ccc4c3)n2)c1. The second-order valence-corrected chi connectivity index (χ2v) is 8.19. The van der Waals surface area contributed by atoms with Gasteiger partial charge in [-0.3, -0.25) is 10.4 Å². The van der Waals surface area contributed by atoms with Crippen molar-refractivity contribution in [3.8, 4) is 11.8 Å². The molecule has 8 heteroatoms. The van der Waals surface area contributed by atoms with Crippen LogP contribution in [0.25, 0.3) is 10.9 Å². The van der Waals surface area contributed by atoms with Gasteiger partial charge in [-0.05, 0) is 43.7 Å². The van der Waals surface area contributed by atoms with E-state index in [0.717, 1.165) is 41.1 Å². The average molecular weight is 455 g/mol. The molecule has 2 aromatic carbocycles. The van der Waals surface area contributed by atoms with Crippen LogP contribution >= 0.6 is 0 Å². The quantitative estimate of drug-likeness (QED) is 0.333. The molecule has 4 aromatic rings. The maximum atomic E-state index is 6.07. The zero-order chi connectivity index (χ0) is 23.3. The maximum Gasteiger partial charge on any atom is 0.325 e. The van der Waals surface area contributed by atoms with Crippen LogP contribution in [0, 0.1) is 13.8 Å². The van der Waals surface area contributed by atoms with Gasteiger partial charge in [-0.25, -0.2) is 0 Å². The van der Waals surface area contributed by atoms with Crippen molar-refractivity contribution in [3.05, 3.63) is 77.5 Å². The van der Waals surface area contributed by atoms with E-state index in [2.05, 4.69) is 49.4 Å². The van der Waals surface area contributed by atoms with Gasteiger partial charge in [-0.15, -0.1) is 0 Å². The smallest absolute Gasteiger partial charge is 0.325 e. The van der Waals surface area contributed by atoms with Crippen molar-refractivity contribution < 1.29 is 9.47 Å². The van der Waals surface area contributed by atoms with E-state index in [-0.39, 0.29) is 6.01 Å². The van der Waals surface area contributed by atoms with Gasteiger partial charge in [0.15, 0.2) is 5.82 Å². The minimum absolute atomic E-state index is 0.247. The molecular formula is C26H26N6O2. The van der Waals surface area contributed by atoms with E-state index in [1.54, 1.807) is 6.21 Å². The highest BCUT2D eigenvalue weighted by atomic mass is 16.5. The van der Waals surface area contributed by atoms with Gasteiger partial charge in [0.2, 0.25) is 0 Å². The average Bonchev–Trinajstić information content (AvgIpc) is 2.85. The highest BCUT2D eigenvalue weighted by Crippen LogP contribution is 2.26. The molecule has 0 saturated carbocycles. The molecule has 1 N–H and O–H groups in total. The van der Waals surface area contributed by atoms with Crippen molar-refractivity contribution >= 4 is 28.8 Å². The number of aromatic nitrogens is 3. The third-order valence-corrected chi connectivity index (χ3v) is 5.47. The molecule has 2 aromatic heterocycles. The van der Waals surface area contributed by atoms with Gasteiger partial charge in [-0.2, -0.15) is 15.1 Å². The van der Waals surface area contributed by atoms with E-state index in [0.29, 0.717) is 24.8 Å². The summed E-state index contributed by atoms with van der Waals surface area (Å²) in [6.45, 7) is 6.85. The summed E-state index contributed by atoms with van der Waals surface area (Å²) in [5.74, 6) is 1.96. The Morgan fingerprint density at radius 1 is 0.971 bits per heavy atom. The number of nitrogens with one attached hydrogen (secondary N) is 1. The first-order valence-electron chi connectivity index (χ1n) is 11.3. The number of hydrogen-bond donors (Lipinski definition) is 1. The van der Waals surface area contributed by atoms with Crippen LogP contribution in [-0.4, -0.2) is 47.5 Å². The summed E-state index contributed by atoms with van der Waals surface area (Å²) >= 11 is 0. The molecule has 8 nitrogen and oxygen atoms in total. The summed E-state index contributed by atoms with van der Waals surface area (Å²) in [5.41, 5.74) is 7.10. The van der Waals surface area contributed by atoms with Crippen molar-refractivity contribution in [1.82, 2.24) is 15.0 Å². The first-order chi connectivity index (χ1) is 16.6. The van der Waals surface area contributed by atoms with Gasteiger partial charge < -0.3 is 14.4 Å². The summed E-state index contributed by atoms with van der Waals surface area (Å²) < 4.78 is 11.6. The molecule has 0 bridgehead atoms. The Labute approximate surface area is 198 Å². The van der Waals surface area contributed by atoms with Crippen LogP contribution in [-0.2, 0) is 4.74 Å². The van der Waals surface area contributed by atoms with Crippen LogP contribution in [0.1, 0.15) is 16.8 Å². The highest BCUT2D eigenvalue weighted by molar-refractivity contribution is 5.81. The summed E-state index contributed by atoms with van der Waals surface area (Å²) in [6.07, 6.45) is 1.77. The molecule has 3 heterocycles. The fraction of sp³-hybridized carbons (Fsp3) is 0.231. The number of nitrogens with zero attached hydrogens (tertiary/aromatic N) is 5. The van der Waals surface area contributed by atoms with Gasteiger partial charge in [0.25, 0.3) is 0 Å². The van der Waals surface area contributed by atoms with Crippen molar-refractivity contribution in [2.24, 2.45) is 5.10 Å². The Bertz CT molecular complexity index is 1330. The minimum atomic E-state index is 0.247. The number of aryl methyl sites for hydroxylation is 2. The summed E-state index contributed by atoms with van der Waals surface area (Å²) in [6, 6.07) is 20.0. The number of rotatable bonds is 6. The van der Waals surface area contributed by atoms with E-state index >= 15 is 0 Å². The fourth-order valence-corrected chi connectivity index (χ4v) is 3.77. The molecule has 1 aliphatic heterocycles. The van der Waals surface area contributed by atoms with Crippen LogP contribution in [0.4, 0.5) is 11.6 Å². The number of hydrazone groups is 1. The second kappa shape index (κ2) is 9.84. The van der Waals surface area contributed by atoms with Crippen molar-refractivity contribution in [3.63, 3.8) is 0 Å². The van der Waals surface area contributed by atoms with Gasteiger partial charge >= 0.3 is 6.01 Å². The first kappa shape index (κ1) is 21.8. The molecule has 172 valence electrons. The lowest BCUT2D eigenvalue weighted by Gasteiger charge is -2.28. The molecule has 0 unspecified atom stereocenters. The number of anilines is 2. The molecule has 0 aliphatic carbocycles. The second-order valence-electron chi connectivity index (χ2n) is 8.19. The van der Waals surface area contributed by atoms with Crippen LogP contribution < -0.4 is 15.1 Å².